The molecule has 0 unspecified atom stereocenters. The number of halogens is 3. The lowest BCUT2D eigenvalue weighted by molar-refractivity contribution is -0.166. The van der Waals surface area contributed by atoms with Crippen molar-refractivity contribution in [2.45, 2.75) is 6.18 Å². The smallest absolute Gasteiger partial charge is 0.454 e. The van der Waals surface area contributed by atoms with Gasteiger partial charge in [-0.2, -0.15) is 13.2 Å². The Kier molecular flexibility index (Phi) is 3.60. The molecule has 1 heterocycles. The molecular weight excluding hydrogens is 307 g/mol. The largest absolute Gasteiger partial charge is 0.507 e. The summed E-state index contributed by atoms with van der Waals surface area (Å²) >= 11 is 0. The molecule has 6 heteroatoms. The fourth-order valence-corrected chi connectivity index (χ4v) is 2.58. The van der Waals surface area contributed by atoms with Crippen molar-refractivity contribution >= 4 is 22.9 Å². The van der Waals surface area contributed by atoms with E-state index in [2.05, 4.69) is 0 Å². The van der Waals surface area contributed by atoms with Crippen molar-refractivity contribution in [3.63, 3.8) is 0 Å². The number of alkyl halides is 3. The van der Waals surface area contributed by atoms with E-state index in [9.17, 15) is 23.1 Å². The Morgan fingerprint density at radius 3 is 2.26 bits per heavy atom. The van der Waals surface area contributed by atoms with Gasteiger partial charge in [0.15, 0.2) is 0 Å². The third-order valence-corrected chi connectivity index (χ3v) is 3.65. The van der Waals surface area contributed by atoms with E-state index in [1.807, 2.05) is 0 Å². The number of hydrogen-bond donors (Lipinski definition) is 1. The molecule has 0 amide bonds. The van der Waals surface area contributed by atoms with E-state index in [0.29, 0.717) is 11.4 Å². The van der Waals surface area contributed by atoms with Crippen molar-refractivity contribution in [1.29, 1.82) is 0 Å². The minimum absolute atomic E-state index is 0.204. The second-order valence-electron chi connectivity index (χ2n) is 5.09. The molecule has 0 atom stereocenters. The van der Waals surface area contributed by atoms with E-state index < -0.39 is 23.3 Å². The Bertz CT molecular complexity index is 782. The molecule has 118 valence electrons. The fourth-order valence-electron chi connectivity index (χ4n) is 2.58. The van der Waals surface area contributed by atoms with Gasteiger partial charge in [0.05, 0.1) is 17.8 Å². The minimum atomic E-state index is -5.03. The van der Waals surface area contributed by atoms with E-state index in [0.717, 1.165) is 0 Å². The van der Waals surface area contributed by atoms with Crippen LogP contribution in [0.2, 0.25) is 0 Å². The number of benzene rings is 2. The summed E-state index contributed by atoms with van der Waals surface area (Å²) < 4.78 is 38.4. The highest BCUT2D eigenvalue weighted by Crippen LogP contribution is 2.39. The van der Waals surface area contributed by atoms with E-state index in [4.69, 9.17) is 0 Å². The maximum atomic E-state index is 12.8. The maximum Gasteiger partial charge on any atom is 0.454 e. The van der Waals surface area contributed by atoms with E-state index in [-0.39, 0.29) is 12.1 Å². The number of hydrogen-bond acceptors (Lipinski definition) is 3. The molecule has 0 spiro atoms. The molecule has 0 aliphatic carbocycles. The van der Waals surface area contributed by atoms with Gasteiger partial charge in [-0.1, -0.05) is 30.3 Å². The number of rotatable bonds is 2. The van der Waals surface area contributed by atoms with Crippen molar-refractivity contribution < 1.29 is 23.1 Å². The molecule has 1 aliphatic heterocycles. The zero-order valence-corrected chi connectivity index (χ0v) is 11.8. The average molecular weight is 319 g/mol. The standard InChI is InChI=1S/C17H12F3NO2/c18-17(19,20)16(23)13-10-21(11-6-2-1-3-7-11)14-9-5-4-8-12(14)15(13)22/h1-9,22H,10H2. The van der Waals surface area contributed by atoms with Gasteiger partial charge in [-0.05, 0) is 24.3 Å². The van der Waals surface area contributed by atoms with Gasteiger partial charge in [0.2, 0.25) is 0 Å². The highest BCUT2D eigenvalue weighted by atomic mass is 19.4. The van der Waals surface area contributed by atoms with Crippen LogP contribution in [0.4, 0.5) is 24.5 Å². The van der Waals surface area contributed by atoms with Gasteiger partial charge in [-0.25, -0.2) is 0 Å². The zero-order valence-electron chi connectivity index (χ0n) is 11.8. The van der Waals surface area contributed by atoms with E-state index >= 15 is 0 Å². The average Bonchev–Trinajstić information content (AvgIpc) is 2.55. The molecule has 0 saturated carbocycles. The number of aliphatic hydroxyl groups excluding tert-OH is 1. The number of aliphatic hydroxyl groups is 1. The first-order chi connectivity index (χ1) is 10.9. The second-order valence-corrected chi connectivity index (χ2v) is 5.09. The van der Waals surface area contributed by atoms with Gasteiger partial charge in [-0.3, -0.25) is 4.79 Å². The summed E-state index contributed by atoms with van der Waals surface area (Å²) in [5.41, 5.74) is 0.741. The summed E-state index contributed by atoms with van der Waals surface area (Å²) in [5.74, 6) is -2.64. The first-order valence-corrected chi connectivity index (χ1v) is 6.85. The third-order valence-electron chi connectivity index (χ3n) is 3.65. The number of anilines is 2. The highest BCUT2D eigenvalue weighted by Gasteiger charge is 2.44. The molecule has 1 aliphatic rings. The Balaban J connectivity index is 2.16. The van der Waals surface area contributed by atoms with Crippen LogP contribution in [0, 0.1) is 0 Å². The van der Waals surface area contributed by atoms with Gasteiger partial charge in [0.25, 0.3) is 5.78 Å². The second kappa shape index (κ2) is 5.46. The molecule has 0 radical (unpaired) electrons. The summed E-state index contributed by atoms with van der Waals surface area (Å²) in [7, 11) is 0. The van der Waals surface area contributed by atoms with Crippen molar-refractivity contribution in [2.75, 3.05) is 11.4 Å². The first-order valence-electron chi connectivity index (χ1n) is 6.85. The normalized spacial score (nSPS) is 14.7. The summed E-state index contributed by atoms with van der Waals surface area (Å²) in [5, 5.41) is 10.2. The van der Waals surface area contributed by atoms with Crippen molar-refractivity contribution in [3.05, 3.63) is 65.7 Å². The lowest BCUT2D eigenvalue weighted by Crippen LogP contribution is -2.34. The first kappa shape index (κ1) is 15.1. The molecule has 23 heavy (non-hydrogen) atoms. The number of carbonyl (C=O) groups is 1. The summed E-state index contributed by atoms with van der Waals surface area (Å²) in [6.07, 6.45) is -5.03. The molecule has 0 saturated heterocycles. The van der Waals surface area contributed by atoms with Crippen LogP contribution >= 0.6 is 0 Å². The SMILES string of the molecule is O=C(C1=C(O)c2ccccc2N(c2ccccc2)C1)C(F)(F)F. The lowest BCUT2D eigenvalue weighted by atomic mass is 9.96. The van der Waals surface area contributed by atoms with E-state index in [1.165, 1.54) is 6.07 Å². The molecule has 3 nitrogen and oxygen atoms in total. The highest BCUT2D eigenvalue weighted by molar-refractivity contribution is 6.08. The Labute approximate surface area is 130 Å². The van der Waals surface area contributed by atoms with Crippen LogP contribution in [-0.2, 0) is 4.79 Å². The number of nitrogens with zero attached hydrogens (tertiary/aromatic N) is 1. The fraction of sp³-hybridized carbons (Fsp3) is 0.118. The Morgan fingerprint density at radius 1 is 1.00 bits per heavy atom. The predicted octanol–water partition coefficient (Wildman–Crippen LogP) is 4.24. The number of carbonyl (C=O) groups excluding carboxylic acids is 1. The number of Topliss-reactive ketones (excluding diaryl/α,β-unsaturated/α-hetero) is 1. The van der Waals surface area contributed by atoms with Crippen LogP contribution < -0.4 is 4.90 Å². The predicted molar refractivity (Wildman–Crippen MR) is 80.5 cm³/mol. The monoisotopic (exact) mass is 319 g/mol. The summed E-state index contributed by atoms with van der Waals surface area (Å²) in [6.45, 7) is -0.342. The van der Waals surface area contributed by atoms with Crippen molar-refractivity contribution in [3.8, 4) is 0 Å². The Hall–Kier alpha value is -2.76. The Morgan fingerprint density at radius 2 is 1.61 bits per heavy atom. The minimum Gasteiger partial charge on any atom is -0.507 e. The molecule has 0 bridgehead atoms. The molecule has 0 fully saturated rings. The van der Waals surface area contributed by atoms with Crippen LogP contribution in [0.15, 0.2) is 60.2 Å². The molecule has 2 aromatic carbocycles. The number of para-hydroxylation sites is 2. The third kappa shape index (κ3) is 2.67. The quantitative estimate of drug-likeness (QED) is 0.900. The maximum absolute atomic E-state index is 12.8. The number of fused-ring (bicyclic) bond motifs is 1. The van der Waals surface area contributed by atoms with Gasteiger partial charge < -0.3 is 10.0 Å². The van der Waals surface area contributed by atoms with Crippen LogP contribution in [0.25, 0.3) is 5.76 Å². The topological polar surface area (TPSA) is 40.5 Å². The molecular formula is C17H12F3NO2. The summed E-state index contributed by atoms with van der Waals surface area (Å²) in [6, 6.07) is 15.2. The van der Waals surface area contributed by atoms with Crippen LogP contribution in [0.5, 0.6) is 0 Å². The van der Waals surface area contributed by atoms with Crippen LogP contribution in [-0.4, -0.2) is 23.6 Å². The van der Waals surface area contributed by atoms with Gasteiger partial charge in [0.1, 0.15) is 5.76 Å². The molecule has 3 rings (SSSR count). The summed E-state index contributed by atoms with van der Waals surface area (Å²) in [4.78, 5) is 13.2. The van der Waals surface area contributed by atoms with Gasteiger partial charge >= 0.3 is 6.18 Å². The van der Waals surface area contributed by atoms with Crippen molar-refractivity contribution in [1.82, 2.24) is 0 Å². The lowest BCUT2D eigenvalue weighted by Gasteiger charge is -2.32. The van der Waals surface area contributed by atoms with Gasteiger partial charge in [0, 0.05) is 11.3 Å². The zero-order chi connectivity index (χ0) is 16.6. The molecule has 1 N–H and O–H groups in total. The molecule has 0 aromatic heterocycles. The van der Waals surface area contributed by atoms with E-state index in [1.54, 1.807) is 53.4 Å². The molecule has 2 aromatic rings. The van der Waals surface area contributed by atoms with Crippen molar-refractivity contribution in [2.24, 2.45) is 0 Å². The van der Waals surface area contributed by atoms with Crippen LogP contribution in [0.1, 0.15) is 5.56 Å². The number of ketones is 1. The van der Waals surface area contributed by atoms with Crippen LogP contribution in [0.3, 0.4) is 0 Å². The van der Waals surface area contributed by atoms with Gasteiger partial charge in [-0.15, -0.1) is 0 Å².